The lowest BCUT2D eigenvalue weighted by atomic mass is 10.0. The first-order chi connectivity index (χ1) is 12.5. The van der Waals surface area contributed by atoms with E-state index in [4.69, 9.17) is 16.7 Å². The number of thiazole rings is 1. The average Bonchev–Trinajstić information content (AvgIpc) is 3.09. The summed E-state index contributed by atoms with van der Waals surface area (Å²) < 4.78 is 0. The maximum atomic E-state index is 11.0. The summed E-state index contributed by atoms with van der Waals surface area (Å²) in [6, 6.07) is 8.15. The van der Waals surface area contributed by atoms with E-state index >= 15 is 0 Å². The molecule has 1 saturated heterocycles. The van der Waals surface area contributed by atoms with Gasteiger partial charge in [-0.15, -0.1) is 11.3 Å². The number of carboxylic acid groups (broad SMARTS) is 1. The van der Waals surface area contributed by atoms with Gasteiger partial charge in [0.25, 0.3) is 0 Å². The molecule has 1 aliphatic heterocycles. The topological polar surface area (TPSA) is 56.7 Å². The number of rotatable bonds is 7. The highest BCUT2D eigenvalue weighted by Gasteiger charge is 2.25. The Labute approximate surface area is 163 Å². The van der Waals surface area contributed by atoms with Crippen LogP contribution in [0.3, 0.4) is 0 Å². The monoisotopic (exact) mass is 393 g/mol. The van der Waals surface area contributed by atoms with E-state index in [9.17, 15) is 4.79 Å². The number of benzene rings is 1. The lowest BCUT2D eigenvalue weighted by Gasteiger charge is -2.37. The number of likely N-dealkylation sites (N-methyl/N-ethyl adjacent to an activating group) is 1. The van der Waals surface area contributed by atoms with Gasteiger partial charge >= 0.3 is 5.97 Å². The normalized spacial score (nSPS) is 16.3. The minimum atomic E-state index is -0.742. The lowest BCUT2D eigenvalue weighted by Crippen LogP contribution is -2.46. The number of carbonyl (C=O) groups is 1. The molecule has 1 aliphatic rings. The quantitative estimate of drug-likeness (QED) is 0.774. The molecule has 3 rings (SSSR count). The predicted octanol–water partition coefficient (Wildman–Crippen LogP) is 3.83. The second kappa shape index (κ2) is 8.95. The van der Waals surface area contributed by atoms with E-state index in [1.165, 1.54) is 4.88 Å². The number of carboxylic acids is 1. The molecule has 1 fully saturated rings. The Hall–Kier alpha value is -1.47. The summed E-state index contributed by atoms with van der Waals surface area (Å²) in [4.78, 5) is 21.3. The number of halogens is 1. The molecule has 1 aromatic carbocycles. The summed E-state index contributed by atoms with van der Waals surface area (Å²) in [6.45, 7) is 5.86. The van der Waals surface area contributed by atoms with Gasteiger partial charge in [-0.1, -0.05) is 30.7 Å². The van der Waals surface area contributed by atoms with E-state index in [0.29, 0.717) is 6.04 Å². The Bertz CT molecular complexity index is 727. The van der Waals surface area contributed by atoms with E-state index in [0.717, 1.165) is 54.6 Å². The van der Waals surface area contributed by atoms with Crippen molar-refractivity contribution in [3.63, 3.8) is 0 Å². The smallest absolute Gasteiger partial charge is 0.317 e. The van der Waals surface area contributed by atoms with Crippen LogP contribution >= 0.6 is 22.9 Å². The summed E-state index contributed by atoms with van der Waals surface area (Å²) in [6.07, 6.45) is 4.00. The van der Waals surface area contributed by atoms with Crippen LogP contribution in [0.5, 0.6) is 0 Å². The fraction of sp³-hybridized carbons (Fsp3) is 0.474. The summed E-state index contributed by atoms with van der Waals surface area (Å²) in [7, 11) is 0. The Balaban J connectivity index is 1.53. The van der Waals surface area contributed by atoms with Gasteiger partial charge in [0.05, 0.1) is 6.54 Å². The van der Waals surface area contributed by atoms with Gasteiger partial charge in [0.15, 0.2) is 0 Å². The molecule has 0 amide bonds. The molecule has 2 aromatic rings. The molecule has 7 heteroatoms. The van der Waals surface area contributed by atoms with Crippen molar-refractivity contribution in [3.8, 4) is 10.6 Å². The van der Waals surface area contributed by atoms with Crippen molar-refractivity contribution in [2.24, 2.45) is 0 Å². The number of nitrogens with zero attached hydrogens (tertiary/aromatic N) is 3. The van der Waals surface area contributed by atoms with Crippen LogP contribution in [0.2, 0.25) is 5.02 Å². The molecule has 1 N–H and O–H groups in total. The minimum Gasteiger partial charge on any atom is -0.480 e. The molecular weight excluding hydrogens is 370 g/mol. The third kappa shape index (κ3) is 5.04. The zero-order chi connectivity index (χ0) is 18.5. The number of aromatic nitrogens is 1. The van der Waals surface area contributed by atoms with Crippen LogP contribution in [0.25, 0.3) is 10.6 Å². The van der Waals surface area contributed by atoms with Crippen molar-refractivity contribution in [1.82, 2.24) is 14.8 Å². The molecule has 140 valence electrons. The Kier molecular flexibility index (Phi) is 6.64. The van der Waals surface area contributed by atoms with Crippen molar-refractivity contribution in [2.75, 3.05) is 26.2 Å². The molecule has 2 heterocycles. The third-order valence-corrected chi connectivity index (χ3v) is 6.13. The second-order valence-electron chi connectivity index (χ2n) is 6.60. The van der Waals surface area contributed by atoms with Crippen LogP contribution in [0.15, 0.2) is 30.5 Å². The van der Waals surface area contributed by atoms with Gasteiger partial charge in [-0.05, 0) is 31.5 Å². The first-order valence-electron chi connectivity index (χ1n) is 8.94. The van der Waals surface area contributed by atoms with E-state index in [2.05, 4.69) is 14.8 Å². The van der Waals surface area contributed by atoms with Crippen molar-refractivity contribution in [1.29, 1.82) is 0 Å². The number of aliphatic carboxylic acids is 1. The molecule has 1 aromatic heterocycles. The fourth-order valence-electron chi connectivity index (χ4n) is 3.44. The standard InChI is InChI=1S/C19H24ClN3O2S/c1-2-23(13-18(24)25)16-7-9-22(10-8-16)12-17-11-21-19(26-17)14-3-5-15(20)6-4-14/h3-6,11,16H,2,7-10,12-13H2,1H3,(H,24,25). The van der Waals surface area contributed by atoms with Gasteiger partial charge in [-0.2, -0.15) is 0 Å². The van der Waals surface area contributed by atoms with Gasteiger partial charge in [0.2, 0.25) is 0 Å². The van der Waals surface area contributed by atoms with Crippen LogP contribution in [0.1, 0.15) is 24.6 Å². The van der Waals surface area contributed by atoms with E-state index in [1.54, 1.807) is 11.3 Å². The molecule has 0 unspecified atom stereocenters. The molecule has 0 spiro atoms. The predicted molar refractivity (Wildman–Crippen MR) is 106 cm³/mol. The summed E-state index contributed by atoms with van der Waals surface area (Å²) >= 11 is 7.67. The SMILES string of the molecule is CCN(CC(=O)O)C1CCN(Cc2cnc(-c3ccc(Cl)cc3)s2)CC1. The van der Waals surface area contributed by atoms with Crippen LogP contribution in [0, 0.1) is 0 Å². The maximum Gasteiger partial charge on any atom is 0.317 e. The number of piperidine rings is 1. The van der Waals surface area contributed by atoms with Crippen LogP contribution in [-0.4, -0.2) is 58.1 Å². The maximum absolute atomic E-state index is 11.0. The summed E-state index contributed by atoms with van der Waals surface area (Å²) in [5.41, 5.74) is 1.09. The molecule has 0 saturated carbocycles. The number of hydrogen-bond donors (Lipinski definition) is 1. The largest absolute Gasteiger partial charge is 0.480 e. The third-order valence-electron chi connectivity index (χ3n) is 4.84. The summed E-state index contributed by atoms with van der Waals surface area (Å²) in [5.74, 6) is -0.742. The first kappa shape index (κ1) is 19.3. The van der Waals surface area contributed by atoms with Crippen molar-refractivity contribution in [3.05, 3.63) is 40.4 Å². The van der Waals surface area contributed by atoms with Gasteiger partial charge in [0.1, 0.15) is 5.01 Å². The molecule has 26 heavy (non-hydrogen) atoms. The molecule has 0 radical (unpaired) electrons. The van der Waals surface area contributed by atoms with E-state index < -0.39 is 5.97 Å². The Morgan fingerprint density at radius 2 is 2.04 bits per heavy atom. The number of hydrogen-bond acceptors (Lipinski definition) is 5. The van der Waals surface area contributed by atoms with Crippen LogP contribution in [-0.2, 0) is 11.3 Å². The average molecular weight is 394 g/mol. The van der Waals surface area contributed by atoms with Gasteiger partial charge in [-0.25, -0.2) is 4.98 Å². The van der Waals surface area contributed by atoms with Gasteiger partial charge in [-0.3, -0.25) is 14.6 Å². The second-order valence-corrected chi connectivity index (χ2v) is 8.15. The fourth-order valence-corrected chi connectivity index (χ4v) is 4.53. The molecule has 0 atom stereocenters. The zero-order valence-electron chi connectivity index (χ0n) is 14.9. The molecule has 0 aliphatic carbocycles. The van der Waals surface area contributed by atoms with Crippen molar-refractivity contribution >= 4 is 28.9 Å². The lowest BCUT2D eigenvalue weighted by molar-refractivity contribution is -0.139. The Morgan fingerprint density at radius 1 is 1.35 bits per heavy atom. The van der Waals surface area contributed by atoms with Gasteiger partial charge < -0.3 is 5.11 Å². The van der Waals surface area contributed by atoms with Crippen molar-refractivity contribution < 1.29 is 9.90 Å². The van der Waals surface area contributed by atoms with E-state index in [-0.39, 0.29) is 6.54 Å². The first-order valence-corrected chi connectivity index (χ1v) is 10.1. The highest BCUT2D eigenvalue weighted by atomic mass is 35.5. The minimum absolute atomic E-state index is 0.139. The molecule has 0 bridgehead atoms. The van der Waals surface area contributed by atoms with Crippen LogP contribution in [0.4, 0.5) is 0 Å². The highest BCUT2D eigenvalue weighted by Crippen LogP contribution is 2.28. The Morgan fingerprint density at radius 3 is 2.65 bits per heavy atom. The number of likely N-dealkylation sites (tertiary alicyclic amines) is 1. The van der Waals surface area contributed by atoms with Crippen LogP contribution < -0.4 is 0 Å². The van der Waals surface area contributed by atoms with E-state index in [1.807, 2.05) is 37.4 Å². The van der Waals surface area contributed by atoms with Gasteiger partial charge in [0, 0.05) is 47.3 Å². The zero-order valence-corrected chi connectivity index (χ0v) is 16.5. The highest BCUT2D eigenvalue weighted by molar-refractivity contribution is 7.15. The molecular formula is C19H24ClN3O2S. The summed E-state index contributed by atoms with van der Waals surface area (Å²) in [5, 5.41) is 10.8. The molecule has 5 nitrogen and oxygen atoms in total. The van der Waals surface area contributed by atoms with Crippen molar-refractivity contribution in [2.45, 2.75) is 32.4 Å².